The van der Waals surface area contributed by atoms with Crippen LogP contribution in [0.2, 0.25) is 0 Å². The van der Waals surface area contributed by atoms with Crippen molar-refractivity contribution in [1.29, 1.82) is 0 Å². The number of carbonyl (C=O) groups excluding carboxylic acids is 2. The molecule has 0 radical (unpaired) electrons. The van der Waals surface area contributed by atoms with Crippen LogP contribution in [-0.4, -0.2) is 37.6 Å². The highest BCUT2D eigenvalue weighted by molar-refractivity contribution is 7.13. The minimum absolute atomic E-state index is 0.0702. The number of nitrogens with zero attached hydrogens (tertiary/aromatic N) is 5. The van der Waals surface area contributed by atoms with Crippen LogP contribution in [0.4, 0.5) is 10.1 Å². The van der Waals surface area contributed by atoms with Gasteiger partial charge < -0.3 is 9.73 Å². The number of anilines is 1. The number of amides is 2. The first-order valence-electron chi connectivity index (χ1n) is 10.9. The van der Waals surface area contributed by atoms with Crippen LogP contribution in [0.5, 0.6) is 0 Å². The molecule has 0 saturated carbocycles. The number of tetrazole rings is 1. The molecule has 35 heavy (non-hydrogen) atoms. The zero-order valence-corrected chi connectivity index (χ0v) is 20.5. The molecule has 182 valence electrons. The predicted molar refractivity (Wildman–Crippen MR) is 129 cm³/mol. The summed E-state index contributed by atoms with van der Waals surface area (Å²) in [5.74, 6) is -0.681. The number of nitrogens with one attached hydrogen (secondary N) is 1. The van der Waals surface area contributed by atoms with Crippen molar-refractivity contribution in [3.8, 4) is 10.7 Å². The van der Waals surface area contributed by atoms with Crippen LogP contribution in [0.15, 0.2) is 58.3 Å². The van der Waals surface area contributed by atoms with Crippen LogP contribution < -0.4 is 10.2 Å². The van der Waals surface area contributed by atoms with Crippen molar-refractivity contribution in [2.24, 2.45) is 0 Å². The molecule has 3 heterocycles. The van der Waals surface area contributed by atoms with Crippen LogP contribution in [-0.2, 0) is 16.1 Å². The van der Waals surface area contributed by atoms with Gasteiger partial charge in [0.05, 0.1) is 10.6 Å². The molecular formula is C24H25FN6O3S. The van der Waals surface area contributed by atoms with Gasteiger partial charge in [0.2, 0.25) is 5.82 Å². The molecule has 0 saturated heterocycles. The minimum atomic E-state index is -1.27. The van der Waals surface area contributed by atoms with Crippen molar-refractivity contribution in [3.05, 3.63) is 71.2 Å². The van der Waals surface area contributed by atoms with Crippen LogP contribution in [0.3, 0.4) is 0 Å². The summed E-state index contributed by atoms with van der Waals surface area (Å²) in [5.41, 5.74) is -0.677. The van der Waals surface area contributed by atoms with E-state index in [9.17, 15) is 9.59 Å². The Labute approximate surface area is 205 Å². The molecule has 9 nitrogen and oxygen atoms in total. The number of carbonyl (C=O) groups is 2. The zero-order valence-electron chi connectivity index (χ0n) is 19.7. The van der Waals surface area contributed by atoms with Gasteiger partial charge in [-0.25, -0.2) is 4.39 Å². The number of aromatic nitrogens is 4. The largest absolute Gasteiger partial charge is 0.464 e. The first-order chi connectivity index (χ1) is 16.6. The van der Waals surface area contributed by atoms with Gasteiger partial charge in [0.1, 0.15) is 23.9 Å². The summed E-state index contributed by atoms with van der Waals surface area (Å²) >= 11 is 1.44. The minimum Gasteiger partial charge on any atom is -0.464 e. The fraction of sp³-hybridized carbons (Fsp3) is 0.292. The Kier molecular flexibility index (Phi) is 6.79. The van der Waals surface area contributed by atoms with E-state index in [-0.39, 0.29) is 18.0 Å². The highest BCUT2D eigenvalue weighted by Gasteiger charge is 2.38. The van der Waals surface area contributed by atoms with Gasteiger partial charge in [-0.1, -0.05) is 18.2 Å². The second kappa shape index (κ2) is 9.79. The molecule has 2 amide bonds. The lowest BCUT2D eigenvalue weighted by Crippen LogP contribution is -2.50. The number of hydrogen-bond donors (Lipinski definition) is 1. The van der Waals surface area contributed by atoms with E-state index >= 15 is 4.39 Å². The van der Waals surface area contributed by atoms with Crippen LogP contribution >= 0.6 is 11.3 Å². The molecule has 4 rings (SSSR count). The van der Waals surface area contributed by atoms with Gasteiger partial charge >= 0.3 is 0 Å². The number of hydrogen-bond acceptors (Lipinski definition) is 7. The van der Waals surface area contributed by atoms with Gasteiger partial charge in [-0.05, 0) is 68.6 Å². The summed E-state index contributed by atoms with van der Waals surface area (Å²) in [6.45, 7) is 6.80. The molecule has 4 aromatic rings. The lowest BCUT2D eigenvalue weighted by Gasteiger charge is -2.32. The number of rotatable bonds is 7. The van der Waals surface area contributed by atoms with E-state index in [4.69, 9.17) is 4.42 Å². The summed E-state index contributed by atoms with van der Waals surface area (Å²) in [6, 6.07) is 11.5. The Morgan fingerprint density at radius 3 is 2.57 bits per heavy atom. The lowest BCUT2D eigenvalue weighted by molar-refractivity contribution is -0.128. The highest BCUT2D eigenvalue weighted by Crippen LogP contribution is 2.32. The zero-order chi connectivity index (χ0) is 25.2. The molecule has 0 aliphatic rings. The Morgan fingerprint density at radius 1 is 1.17 bits per heavy atom. The summed E-state index contributed by atoms with van der Waals surface area (Å²) < 4.78 is 20.8. The molecule has 11 heteroatoms. The van der Waals surface area contributed by atoms with Crippen molar-refractivity contribution in [3.63, 3.8) is 0 Å². The SMILES string of the molecule is Cc1ccc([C@@H](C(=O)NC(C)(C)C)N(C(=O)Cn2nnc(-c3cccs3)n2)c2ccccc2F)o1. The Balaban J connectivity index is 1.75. The van der Waals surface area contributed by atoms with Gasteiger partial charge in [-0.2, -0.15) is 4.80 Å². The predicted octanol–water partition coefficient (Wildman–Crippen LogP) is 4.13. The molecule has 0 aliphatic carbocycles. The molecule has 0 unspecified atom stereocenters. The first kappa shape index (κ1) is 24.3. The third-order valence-electron chi connectivity index (χ3n) is 4.89. The maximum atomic E-state index is 15.0. The van der Waals surface area contributed by atoms with Gasteiger partial charge in [0.15, 0.2) is 6.04 Å². The van der Waals surface area contributed by atoms with Crippen molar-refractivity contribution >= 4 is 28.8 Å². The molecule has 0 fully saturated rings. The van der Waals surface area contributed by atoms with E-state index < -0.39 is 29.2 Å². The third-order valence-corrected chi connectivity index (χ3v) is 5.75. The van der Waals surface area contributed by atoms with Gasteiger partial charge in [-0.3, -0.25) is 14.5 Å². The molecule has 0 bridgehead atoms. The molecule has 1 atom stereocenters. The molecule has 1 aromatic carbocycles. The van der Waals surface area contributed by atoms with E-state index in [0.717, 1.165) is 14.6 Å². The van der Waals surface area contributed by atoms with Crippen molar-refractivity contribution in [2.75, 3.05) is 4.90 Å². The molecule has 0 spiro atoms. The Bertz CT molecular complexity index is 1320. The molecule has 0 aliphatic heterocycles. The van der Waals surface area contributed by atoms with Crippen molar-refractivity contribution in [1.82, 2.24) is 25.5 Å². The van der Waals surface area contributed by atoms with Gasteiger partial charge in [-0.15, -0.1) is 21.5 Å². The highest BCUT2D eigenvalue weighted by atomic mass is 32.1. The van der Waals surface area contributed by atoms with E-state index in [1.807, 2.05) is 38.3 Å². The standard InChI is InChI=1S/C24H25FN6O3S/c1-15-11-12-18(34-15)21(23(33)26-24(2,3)4)31(17-9-6-5-8-16(17)25)20(32)14-30-28-22(27-29-30)19-10-7-13-35-19/h5-13,21H,14H2,1-4H3,(H,26,33)/t21-/m0/s1. The average Bonchev–Trinajstić information content (AvgIpc) is 3.53. The van der Waals surface area contributed by atoms with Crippen LogP contribution in [0.1, 0.15) is 38.3 Å². The van der Waals surface area contributed by atoms with Gasteiger partial charge in [0.25, 0.3) is 11.8 Å². The number of furan rings is 1. The number of halogens is 1. The van der Waals surface area contributed by atoms with E-state index in [1.165, 1.54) is 29.5 Å². The summed E-state index contributed by atoms with van der Waals surface area (Å²) in [6.07, 6.45) is 0. The number of benzene rings is 1. The maximum absolute atomic E-state index is 15.0. The topological polar surface area (TPSA) is 106 Å². The Hall–Kier alpha value is -3.86. The number of thiophene rings is 1. The summed E-state index contributed by atoms with van der Waals surface area (Å²) in [5, 5.41) is 17.0. The smallest absolute Gasteiger partial charge is 0.251 e. The third kappa shape index (κ3) is 5.62. The summed E-state index contributed by atoms with van der Waals surface area (Å²) in [4.78, 5) is 30.1. The number of aryl methyl sites for hydroxylation is 1. The molecular weight excluding hydrogens is 471 g/mol. The summed E-state index contributed by atoms with van der Waals surface area (Å²) in [7, 11) is 0. The second-order valence-corrected chi connectivity index (χ2v) is 9.87. The maximum Gasteiger partial charge on any atom is 0.251 e. The van der Waals surface area contributed by atoms with Gasteiger partial charge in [0, 0.05) is 5.54 Å². The van der Waals surface area contributed by atoms with Crippen molar-refractivity contribution in [2.45, 2.75) is 45.8 Å². The fourth-order valence-electron chi connectivity index (χ4n) is 3.49. The van der Waals surface area contributed by atoms with Crippen LogP contribution in [0.25, 0.3) is 10.7 Å². The quantitative estimate of drug-likeness (QED) is 0.412. The van der Waals surface area contributed by atoms with E-state index in [0.29, 0.717) is 11.6 Å². The average molecular weight is 497 g/mol. The van der Waals surface area contributed by atoms with Crippen molar-refractivity contribution < 1.29 is 18.4 Å². The lowest BCUT2D eigenvalue weighted by atomic mass is 10.1. The molecule has 3 aromatic heterocycles. The number of para-hydroxylation sites is 1. The monoisotopic (exact) mass is 496 g/mol. The van der Waals surface area contributed by atoms with E-state index in [1.54, 1.807) is 25.1 Å². The fourth-order valence-corrected chi connectivity index (χ4v) is 4.14. The van der Waals surface area contributed by atoms with Crippen LogP contribution in [0, 0.1) is 12.7 Å². The molecule has 1 N–H and O–H groups in total. The first-order valence-corrected chi connectivity index (χ1v) is 11.8. The second-order valence-electron chi connectivity index (χ2n) is 8.93. The normalized spacial score (nSPS) is 12.4. The Morgan fingerprint density at radius 2 is 1.94 bits per heavy atom. The van der Waals surface area contributed by atoms with E-state index in [2.05, 4.69) is 20.7 Å².